The molecule has 0 radical (unpaired) electrons. The molecule has 2 N–H and O–H groups in total. The summed E-state index contributed by atoms with van der Waals surface area (Å²) in [7, 11) is 1.83. The van der Waals surface area contributed by atoms with Crippen molar-refractivity contribution in [1.29, 1.82) is 0 Å². The molecule has 2 rings (SSSR count). The van der Waals surface area contributed by atoms with Crippen LogP contribution in [0.25, 0.3) is 0 Å². The van der Waals surface area contributed by atoms with Crippen molar-refractivity contribution in [3.63, 3.8) is 0 Å². The molecule has 1 fully saturated rings. The Labute approximate surface area is 111 Å². The molecule has 0 aliphatic carbocycles. The van der Waals surface area contributed by atoms with Crippen LogP contribution in [-0.2, 0) is 11.3 Å². The maximum absolute atomic E-state index is 11.0. The van der Waals surface area contributed by atoms with Gasteiger partial charge in [-0.25, -0.2) is 4.79 Å². The van der Waals surface area contributed by atoms with Crippen LogP contribution in [-0.4, -0.2) is 53.5 Å². The topological polar surface area (TPSA) is 83.1 Å². The molecule has 0 spiro atoms. The third-order valence-electron chi connectivity index (χ3n) is 3.38. The molecule has 0 aromatic carbocycles. The molecule has 0 saturated carbocycles. The van der Waals surface area contributed by atoms with Crippen molar-refractivity contribution >= 4 is 5.97 Å². The van der Waals surface area contributed by atoms with Crippen LogP contribution in [0, 0.1) is 0 Å². The SMILES string of the molecule is CN(Cc1occc1C(=O)O)CC1(O)CCOCC1. The Bertz CT molecular complexity index is 436. The van der Waals surface area contributed by atoms with E-state index in [1.807, 2.05) is 11.9 Å². The Morgan fingerprint density at radius 3 is 2.79 bits per heavy atom. The average molecular weight is 269 g/mol. The number of rotatable bonds is 5. The second-order valence-corrected chi connectivity index (χ2v) is 5.07. The number of furan rings is 1. The lowest BCUT2D eigenvalue weighted by Crippen LogP contribution is -2.45. The van der Waals surface area contributed by atoms with Gasteiger partial charge < -0.3 is 19.4 Å². The van der Waals surface area contributed by atoms with E-state index < -0.39 is 11.6 Å². The van der Waals surface area contributed by atoms with Gasteiger partial charge in [0.25, 0.3) is 0 Å². The molecule has 19 heavy (non-hydrogen) atoms. The van der Waals surface area contributed by atoms with Crippen LogP contribution < -0.4 is 0 Å². The summed E-state index contributed by atoms with van der Waals surface area (Å²) in [5.41, 5.74) is -0.589. The summed E-state index contributed by atoms with van der Waals surface area (Å²) < 4.78 is 10.4. The summed E-state index contributed by atoms with van der Waals surface area (Å²) in [5, 5.41) is 19.4. The zero-order chi connectivity index (χ0) is 13.9. The number of aromatic carboxylic acids is 1. The molecule has 0 unspecified atom stereocenters. The Morgan fingerprint density at radius 1 is 1.47 bits per heavy atom. The van der Waals surface area contributed by atoms with Crippen molar-refractivity contribution in [2.75, 3.05) is 26.8 Å². The van der Waals surface area contributed by atoms with Crippen LogP contribution in [0.15, 0.2) is 16.7 Å². The number of hydrogen-bond acceptors (Lipinski definition) is 5. The van der Waals surface area contributed by atoms with Gasteiger partial charge in [0, 0.05) is 32.6 Å². The van der Waals surface area contributed by atoms with Crippen molar-refractivity contribution in [2.45, 2.75) is 25.0 Å². The van der Waals surface area contributed by atoms with Gasteiger partial charge in [-0.05, 0) is 13.1 Å². The first-order chi connectivity index (χ1) is 9.00. The van der Waals surface area contributed by atoms with E-state index in [2.05, 4.69) is 0 Å². The molecule has 6 nitrogen and oxygen atoms in total. The highest BCUT2D eigenvalue weighted by molar-refractivity contribution is 5.88. The Morgan fingerprint density at radius 2 is 2.16 bits per heavy atom. The van der Waals surface area contributed by atoms with Gasteiger partial charge in [0.2, 0.25) is 0 Å². The van der Waals surface area contributed by atoms with E-state index in [1.54, 1.807) is 0 Å². The second-order valence-electron chi connectivity index (χ2n) is 5.07. The lowest BCUT2D eigenvalue weighted by atomic mass is 9.94. The highest BCUT2D eigenvalue weighted by Gasteiger charge is 2.31. The molecular formula is C13H19NO5. The third kappa shape index (κ3) is 3.56. The summed E-state index contributed by atoms with van der Waals surface area (Å²) >= 11 is 0. The highest BCUT2D eigenvalue weighted by Crippen LogP contribution is 2.22. The van der Waals surface area contributed by atoms with Crippen LogP contribution in [0.3, 0.4) is 0 Å². The molecule has 1 aliphatic rings. The number of nitrogens with zero attached hydrogens (tertiary/aromatic N) is 1. The maximum Gasteiger partial charge on any atom is 0.339 e. The van der Waals surface area contributed by atoms with Crippen LogP contribution >= 0.6 is 0 Å². The summed E-state index contributed by atoms with van der Waals surface area (Å²) in [6.45, 7) is 1.95. The van der Waals surface area contributed by atoms with E-state index >= 15 is 0 Å². The van der Waals surface area contributed by atoms with E-state index in [0.29, 0.717) is 44.9 Å². The number of hydrogen-bond donors (Lipinski definition) is 2. The molecule has 1 aromatic rings. The lowest BCUT2D eigenvalue weighted by molar-refractivity contribution is -0.0782. The van der Waals surface area contributed by atoms with E-state index in [4.69, 9.17) is 14.3 Å². The van der Waals surface area contributed by atoms with Gasteiger partial charge in [-0.2, -0.15) is 0 Å². The Balaban J connectivity index is 1.95. The van der Waals surface area contributed by atoms with Crippen molar-refractivity contribution in [2.24, 2.45) is 0 Å². The number of carboxylic acids is 1. The minimum absolute atomic E-state index is 0.172. The molecule has 106 valence electrons. The fourth-order valence-electron chi connectivity index (χ4n) is 2.37. The molecule has 6 heteroatoms. The first kappa shape index (κ1) is 14.0. The van der Waals surface area contributed by atoms with Gasteiger partial charge in [-0.1, -0.05) is 0 Å². The first-order valence-corrected chi connectivity index (χ1v) is 6.28. The van der Waals surface area contributed by atoms with Crippen molar-refractivity contribution < 1.29 is 24.2 Å². The van der Waals surface area contributed by atoms with E-state index in [9.17, 15) is 9.90 Å². The quantitative estimate of drug-likeness (QED) is 0.828. The summed E-state index contributed by atoms with van der Waals surface area (Å²) in [6.07, 6.45) is 2.57. The Hall–Kier alpha value is -1.37. The number of likely N-dealkylation sites (N-methyl/N-ethyl adjacent to an activating group) is 1. The van der Waals surface area contributed by atoms with Crippen LogP contribution in [0.2, 0.25) is 0 Å². The fourth-order valence-corrected chi connectivity index (χ4v) is 2.37. The molecule has 1 aromatic heterocycles. The zero-order valence-electron chi connectivity index (χ0n) is 11.0. The van der Waals surface area contributed by atoms with Gasteiger partial charge in [0.15, 0.2) is 0 Å². The molecule has 0 bridgehead atoms. The van der Waals surface area contributed by atoms with Gasteiger partial charge in [-0.15, -0.1) is 0 Å². The summed E-state index contributed by atoms with van der Waals surface area (Å²) in [5.74, 6) is -0.590. The molecular weight excluding hydrogens is 250 g/mol. The smallest absolute Gasteiger partial charge is 0.339 e. The summed E-state index contributed by atoms with van der Waals surface area (Å²) in [6, 6.07) is 1.44. The number of aliphatic hydroxyl groups is 1. The first-order valence-electron chi connectivity index (χ1n) is 6.28. The number of carboxylic acid groups (broad SMARTS) is 1. The van der Waals surface area contributed by atoms with Gasteiger partial charge in [0.05, 0.1) is 18.4 Å². The van der Waals surface area contributed by atoms with Crippen molar-refractivity contribution in [3.05, 3.63) is 23.7 Å². The average Bonchev–Trinajstić information content (AvgIpc) is 2.77. The molecule has 2 heterocycles. The van der Waals surface area contributed by atoms with Gasteiger partial charge in [0.1, 0.15) is 11.3 Å². The predicted molar refractivity (Wildman–Crippen MR) is 67.0 cm³/mol. The maximum atomic E-state index is 11.0. The monoisotopic (exact) mass is 269 g/mol. The van der Waals surface area contributed by atoms with Crippen LogP contribution in [0.4, 0.5) is 0 Å². The van der Waals surface area contributed by atoms with E-state index in [-0.39, 0.29) is 5.56 Å². The third-order valence-corrected chi connectivity index (χ3v) is 3.38. The van der Waals surface area contributed by atoms with Gasteiger partial charge >= 0.3 is 5.97 Å². The minimum atomic E-state index is -0.998. The summed E-state index contributed by atoms with van der Waals surface area (Å²) in [4.78, 5) is 12.8. The Kier molecular flexibility index (Phi) is 4.24. The molecule has 0 amide bonds. The zero-order valence-corrected chi connectivity index (χ0v) is 11.0. The van der Waals surface area contributed by atoms with Crippen molar-refractivity contribution in [3.8, 4) is 0 Å². The van der Waals surface area contributed by atoms with E-state index in [0.717, 1.165) is 0 Å². The number of ether oxygens (including phenoxy) is 1. The lowest BCUT2D eigenvalue weighted by Gasteiger charge is -2.35. The normalized spacial score (nSPS) is 18.7. The fraction of sp³-hybridized carbons (Fsp3) is 0.615. The molecule has 1 saturated heterocycles. The molecule has 0 atom stereocenters. The van der Waals surface area contributed by atoms with Crippen LogP contribution in [0.5, 0.6) is 0 Å². The largest absolute Gasteiger partial charge is 0.478 e. The molecule has 1 aliphatic heterocycles. The van der Waals surface area contributed by atoms with E-state index in [1.165, 1.54) is 12.3 Å². The number of carbonyl (C=O) groups is 1. The van der Waals surface area contributed by atoms with Crippen LogP contribution in [0.1, 0.15) is 29.0 Å². The minimum Gasteiger partial charge on any atom is -0.478 e. The predicted octanol–water partition coefficient (Wildman–Crippen LogP) is 0.951. The second kappa shape index (κ2) is 5.73. The standard InChI is InChI=1S/C13H19NO5/c1-14(9-13(17)3-6-18-7-4-13)8-11-10(12(15)16)2-5-19-11/h2,5,17H,3-4,6-9H2,1H3,(H,15,16). The van der Waals surface area contributed by atoms with Gasteiger partial charge in [-0.3, -0.25) is 4.90 Å². The van der Waals surface area contributed by atoms with Crippen molar-refractivity contribution in [1.82, 2.24) is 4.90 Å². The highest BCUT2D eigenvalue weighted by atomic mass is 16.5.